The Morgan fingerprint density at radius 3 is 2.48 bits per heavy atom. The molecule has 0 radical (unpaired) electrons. The van der Waals surface area contributed by atoms with Crippen molar-refractivity contribution in [1.29, 1.82) is 0 Å². The smallest absolute Gasteiger partial charge is 0.248 e. The van der Waals surface area contributed by atoms with E-state index in [9.17, 15) is 14.4 Å². The summed E-state index contributed by atoms with van der Waals surface area (Å²) in [6, 6.07) is 4.80. The SMILES string of the molecule is CC(=O)Nc1ccc2nc(NC(=O)C(NC(=O)C3CCCCC3)C(C)C)sc2c1. The minimum absolute atomic E-state index is 0.00690. The number of hydrogen-bond acceptors (Lipinski definition) is 5. The third-order valence-electron chi connectivity index (χ3n) is 5.16. The summed E-state index contributed by atoms with van der Waals surface area (Å²) in [5.74, 6) is -0.459. The molecule has 1 aromatic carbocycles. The molecular weight excluding hydrogens is 388 g/mol. The molecule has 0 bridgehead atoms. The molecular formula is C21H28N4O3S. The van der Waals surface area contributed by atoms with Gasteiger partial charge in [-0.3, -0.25) is 14.4 Å². The first-order chi connectivity index (χ1) is 13.8. The highest BCUT2D eigenvalue weighted by Gasteiger charge is 2.29. The zero-order chi connectivity index (χ0) is 21.0. The highest BCUT2D eigenvalue weighted by molar-refractivity contribution is 7.22. The van der Waals surface area contributed by atoms with Gasteiger partial charge in [-0.1, -0.05) is 44.4 Å². The van der Waals surface area contributed by atoms with Crippen LogP contribution in [0.5, 0.6) is 0 Å². The molecule has 1 unspecified atom stereocenters. The molecule has 1 atom stereocenters. The molecule has 3 rings (SSSR count). The Bertz CT molecular complexity index is 902. The lowest BCUT2D eigenvalue weighted by atomic mass is 9.88. The summed E-state index contributed by atoms with van der Waals surface area (Å²) in [5, 5.41) is 9.01. The molecule has 2 aromatic rings. The molecule has 0 aliphatic heterocycles. The van der Waals surface area contributed by atoms with Crippen LogP contribution in [0.2, 0.25) is 0 Å². The van der Waals surface area contributed by atoms with Gasteiger partial charge in [0, 0.05) is 18.5 Å². The number of benzene rings is 1. The molecule has 1 saturated carbocycles. The lowest BCUT2D eigenvalue weighted by Crippen LogP contribution is -2.49. The van der Waals surface area contributed by atoms with Crippen LogP contribution in [0.15, 0.2) is 18.2 Å². The van der Waals surface area contributed by atoms with E-state index in [2.05, 4.69) is 20.9 Å². The van der Waals surface area contributed by atoms with E-state index < -0.39 is 6.04 Å². The van der Waals surface area contributed by atoms with E-state index in [1.165, 1.54) is 24.7 Å². The summed E-state index contributed by atoms with van der Waals surface area (Å²) in [6.07, 6.45) is 5.12. The number of rotatable bonds is 6. The predicted octanol–water partition coefficient (Wildman–Crippen LogP) is 3.91. The van der Waals surface area contributed by atoms with E-state index in [0.29, 0.717) is 10.8 Å². The van der Waals surface area contributed by atoms with Crippen LogP contribution in [0.1, 0.15) is 52.9 Å². The number of aromatic nitrogens is 1. The number of carbonyl (C=O) groups excluding carboxylic acids is 3. The van der Waals surface area contributed by atoms with Crippen LogP contribution in [0.25, 0.3) is 10.2 Å². The van der Waals surface area contributed by atoms with Gasteiger partial charge in [0.2, 0.25) is 17.7 Å². The zero-order valence-electron chi connectivity index (χ0n) is 17.1. The Kier molecular flexibility index (Phi) is 6.84. The molecule has 29 heavy (non-hydrogen) atoms. The van der Waals surface area contributed by atoms with E-state index in [1.807, 2.05) is 19.9 Å². The van der Waals surface area contributed by atoms with Crippen LogP contribution in [-0.2, 0) is 14.4 Å². The fourth-order valence-electron chi connectivity index (χ4n) is 3.61. The number of hydrogen-bond donors (Lipinski definition) is 3. The van der Waals surface area contributed by atoms with E-state index in [-0.39, 0.29) is 29.6 Å². The van der Waals surface area contributed by atoms with Crippen molar-refractivity contribution >= 4 is 50.1 Å². The Morgan fingerprint density at radius 1 is 1.10 bits per heavy atom. The minimum atomic E-state index is -0.605. The molecule has 0 saturated heterocycles. The van der Waals surface area contributed by atoms with Crippen molar-refractivity contribution < 1.29 is 14.4 Å². The van der Waals surface area contributed by atoms with Gasteiger partial charge in [0.15, 0.2) is 5.13 Å². The van der Waals surface area contributed by atoms with Gasteiger partial charge in [-0.05, 0) is 37.0 Å². The van der Waals surface area contributed by atoms with Gasteiger partial charge in [0.25, 0.3) is 0 Å². The van der Waals surface area contributed by atoms with Gasteiger partial charge < -0.3 is 16.0 Å². The molecule has 3 amide bonds. The van der Waals surface area contributed by atoms with Crippen molar-refractivity contribution in [2.75, 3.05) is 10.6 Å². The summed E-state index contributed by atoms with van der Waals surface area (Å²) in [4.78, 5) is 41.1. The first-order valence-electron chi connectivity index (χ1n) is 10.1. The third kappa shape index (κ3) is 5.53. The van der Waals surface area contributed by atoms with Gasteiger partial charge in [-0.15, -0.1) is 0 Å². The fourth-order valence-corrected chi connectivity index (χ4v) is 4.52. The van der Waals surface area contributed by atoms with Crippen molar-refractivity contribution in [2.45, 2.75) is 58.9 Å². The Hall–Kier alpha value is -2.48. The summed E-state index contributed by atoms with van der Waals surface area (Å²) in [6.45, 7) is 5.29. The summed E-state index contributed by atoms with van der Waals surface area (Å²) in [7, 11) is 0. The van der Waals surface area contributed by atoms with Crippen LogP contribution in [0, 0.1) is 11.8 Å². The monoisotopic (exact) mass is 416 g/mol. The first kappa shape index (κ1) is 21.2. The molecule has 1 aromatic heterocycles. The average molecular weight is 417 g/mol. The normalized spacial score (nSPS) is 15.9. The van der Waals surface area contributed by atoms with E-state index in [0.717, 1.165) is 35.9 Å². The molecule has 1 aliphatic carbocycles. The molecule has 3 N–H and O–H groups in total. The van der Waals surface area contributed by atoms with Crippen LogP contribution in [0.3, 0.4) is 0 Å². The van der Waals surface area contributed by atoms with E-state index in [1.54, 1.807) is 12.1 Å². The third-order valence-corrected chi connectivity index (χ3v) is 6.10. The number of anilines is 2. The Balaban J connectivity index is 1.68. The van der Waals surface area contributed by atoms with Crippen LogP contribution in [0.4, 0.5) is 10.8 Å². The van der Waals surface area contributed by atoms with Gasteiger partial charge in [-0.25, -0.2) is 4.98 Å². The second kappa shape index (κ2) is 9.35. The lowest BCUT2D eigenvalue weighted by Gasteiger charge is -2.26. The molecule has 7 nitrogen and oxygen atoms in total. The molecule has 8 heteroatoms. The largest absolute Gasteiger partial charge is 0.344 e. The van der Waals surface area contributed by atoms with Gasteiger partial charge in [0.05, 0.1) is 10.2 Å². The highest BCUT2D eigenvalue weighted by Crippen LogP contribution is 2.29. The molecule has 1 fully saturated rings. The summed E-state index contributed by atoms with van der Waals surface area (Å²) in [5.41, 5.74) is 1.43. The van der Waals surface area contributed by atoms with Crippen LogP contribution < -0.4 is 16.0 Å². The zero-order valence-corrected chi connectivity index (χ0v) is 17.9. The topological polar surface area (TPSA) is 100 Å². The van der Waals surface area contributed by atoms with Crippen molar-refractivity contribution in [3.8, 4) is 0 Å². The van der Waals surface area contributed by atoms with Gasteiger partial charge in [0.1, 0.15) is 6.04 Å². The highest BCUT2D eigenvalue weighted by atomic mass is 32.1. The second-order valence-electron chi connectivity index (χ2n) is 7.94. The van der Waals surface area contributed by atoms with Crippen molar-refractivity contribution in [2.24, 2.45) is 11.8 Å². The fraction of sp³-hybridized carbons (Fsp3) is 0.524. The Morgan fingerprint density at radius 2 is 1.83 bits per heavy atom. The lowest BCUT2D eigenvalue weighted by molar-refractivity contribution is -0.130. The van der Waals surface area contributed by atoms with E-state index >= 15 is 0 Å². The maximum atomic E-state index is 12.8. The summed E-state index contributed by atoms with van der Waals surface area (Å²) >= 11 is 1.34. The van der Waals surface area contributed by atoms with Crippen molar-refractivity contribution in [1.82, 2.24) is 10.3 Å². The maximum absolute atomic E-state index is 12.8. The van der Waals surface area contributed by atoms with E-state index in [4.69, 9.17) is 0 Å². The quantitative estimate of drug-likeness (QED) is 0.664. The number of nitrogens with one attached hydrogen (secondary N) is 3. The molecule has 1 aliphatic rings. The Labute approximate surface area is 174 Å². The summed E-state index contributed by atoms with van der Waals surface area (Å²) < 4.78 is 0.860. The van der Waals surface area contributed by atoms with Crippen LogP contribution in [-0.4, -0.2) is 28.7 Å². The number of nitrogens with zero attached hydrogens (tertiary/aromatic N) is 1. The average Bonchev–Trinajstić information content (AvgIpc) is 3.07. The second-order valence-corrected chi connectivity index (χ2v) is 8.97. The van der Waals surface area contributed by atoms with Gasteiger partial charge in [-0.2, -0.15) is 0 Å². The number of amides is 3. The number of fused-ring (bicyclic) bond motifs is 1. The van der Waals surface area contributed by atoms with Crippen molar-refractivity contribution in [3.05, 3.63) is 18.2 Å². The molecule has 0 spiro atoms. The number of thiazole rings is 1. The van der Waals surface area contributed by atoms with Gasteiger partial charge >= 0.3 is 0 Å². The first-order valence-corrected chi connectivity index (χ1v) is 10.9. The predicted molar refractivity (Wildman–Crippen MR) is 116 cm³/mol. The van der Waals surface area contributed by atoms with Crippen molar-refractivity contribution in [3.63, 3.8) is 0 Å². The maximum Gasteiger partial charge on any atom is 0.248 e. The standard InChI is InChI=1S/C21H28N4O3S/c1-12(2)18(24-19(27)14-7-5-4-6-8-14)20(28)25-21-23-16-10-9-15(22-13(3)26)11-17(16)29-21/h9-12,14,18H,4-8H2,1-3H3,(H,22,26)(H,24,27)(H,23,25,28). The van der Waals surface area contributed by atoms with Crippen LogP contribution >= 0.6 is 11.3 Å². The molecule has 1 heterocycles. The molecule has 156 valence electrons. The minimum Gasteiger partial charge on any atom is -0.344 e. The number of carbonyl (C=O) groups is 3.